The van der Waals surface area contributed by atoms with Crippen LogP contribution in [0, 0.1) is 17.8 Å². The first kappa shape index (κ1) is 38.3. The summed E-state index contributed by atoms with van der Waals surface area (Å²) in [6.45, 7) is 16.7. The average Bonchev–Trinajstić information content (AvgIpc) is 2.96. The molecule has 2 rings (SSSR count). The molecular weight excluding hydrogens is 572 g/mol. The lowest BCUT2D eigenvalue weighted by molar-refractivity contribution is -0.296. The number of ketones is 1. The van der Waals surface area contributed by atoms with Crippen LogP contribution in [0.15, 0.2) is 12.7 Å². The highest BCUT2D eigenvalue weighted by Gasteiger charge is 2.51. The second-order valence-corrected chi connectivity index (χ2v) is 13.4. The highest BCUT2D eigenvalue weighted by atomic mass is 16.7. The molecule has 2 heterocycles. The molecule has 2 fully saturated rings. The Labute approximate surface area is 262 Å². The van der Waals surface area contributed by atoms with Crippen molar-refractivity contribution in [1.29, 1.82) is 0 Å². The first-order valence-corrected chi connectivity index (χ1v) is 15.7. The number of carbonyl (C=O) groups is 3. The normalized spacial score (nSPS) is 43.5. The number of hydrogen-bond donors (Lipinski definition) is 4. The van der Waals surface area contributed by atoms with Crippen LogP contribution in [0.25, 0.3) is 0 Å². The summed E-state index contributed by atoms with van der Waals surface area (Å²) in [5.41, 5.74) is -3.25. The van der Waals surface area contributed by atoms with E-state index in [-0.39, 0.29) is 31.6 Å². The van der Waals surface area contributed by atoms with Crippen molar-refractivity contribution in [2.24, 2.45) is 17.8 Å². The highest BCUT2D eigenvalue weighted by Crippen LogP contribution is 2.37. The van der Waals surface area contributed by atoms with Gasteiger partial charge in [0.05, 0.1) is 30.5 Å². The molecule has 2 aliphatic rings. The predicted molar refractivity (Wildman–Crippen MR) is 163 cm³/mol. The molecule has 2 aliphatic heterocycles. The number of nitrogens with zero attached hydrogens (tertiary/aromatic N) is 1. The molecule has 1 amide bonds. The SMILES string of the molecule is C=CCO[C@]1(C)C[C@@H](C)C(=O)N[C@H](C)[C@H](O)[C@@](C)(O)[C@@H](CC)OC(=O)[C@H](C)C(=O)[C@H](C)[C@H]1O[C@@H]1O[C@H](C)C[C@H](N(C)C)[C@H]1O. The summed E-state index contributed by atoms with van der Waals surface area (Å²) in [4.78, 5) is 42.7. The van der Waals surface area contributed by atoms with Crippen LogP contribution in [0.3, 0.4) is 0 Å². The minimum absolute atomic E-state index is 0.0556. The Morgan fingerprint density at radius 3 is 2.27 bits per heavy atom. The molecule has 0 spiro atoms. The number of esters is 1. The number of ether oxygens (including phenoxy) is 4. The largest absolute Gasteiger partial charge is 0.459 e. The molecule has 12 heteroatoms. The molecule has 0 saturated carbocycles. The van der Waals surface area contributed by atoms with Gasteiger partial charge in [-0.05, 0) is 68.0 Å². The number of amides is 1. The summed E-state index contributed by atoms with van der Waals surface area (Å²) in [6.07, 6.45) is -3.93. The Balaban J connectivity index is 2.67. The van der Waals surface area contributed by atoms with Gasteiger partial charge in [-0.25, -0.2) is 0 Å². The van der Waals surface area contributed by atoms with Crippen LogP contribution in [0.2, 0.25) is 0 Å². The van der Waals surface area contributed by atoms with Gasteiger partial charge in [0, 0.05) is 17.9 Å². The molecule has 0 unspecified atom stereocenters. The lowest BCUT2D eigenvalue weighted by Gasteiger charge is -2.47. The van der Waals surface area contributed by atoms with Gasteiger partial charge in [-0.3, -0.25) is 14.4 Å². The quantitative estimate of drug-likeness (QED) is 0.184. The number of hydrogen-bond acceptors (Lipinski definition) is 11. The van der Waals surface area contributed by atoms with Crippen molar-refractivity contribution >= 4 is 17.7 Å². The van der Waals surface area contributed by atoms with E-state index < -0.39 is 83.4 Å². The Kier molecular flexibility index (Phi) is 13.5. The van der Waals surface area contributed by atoms with E-state index in [1.165, 1.54) is 19.9 Å². The van der Waals surface area contributed by atoms with Crippen molar-refractivity contribution in [3.63, 3.8) is 0 Å². The minimum atomic E-state index is -1.93. The van der Waals surface area contributed by atoms with E-state index in [0.29, 0.717) is 6.42 Å². The van der Waals surface area contributed by atoms with E-state index in [4.69, 9.17) is 18.9 Å². The number of nitrogens with one attached hydrogen (secondary N) is 1. The number of aliphatic hydroxyl groups excluding tert-OH is 2. The van der Waals surface area contributed by atoms with Gasteiger partial charge in [0.1, 0.15) is 29.8 Å². The van der Waals surface area contributed by atoms with E-state index in [9.17, 15) is 29.7 Å². The van der Waals surface area contributed by atoms with Crippen molar-refractivity contribution < 1.29 is 48.7 Å². The Bertz CT molecular complexity index is 1010. The van der Waals surface area contributed by atoms with Crippen LogP contribution in [0.1, 0.15) is 74.7 Å². The maximum Gasteiger partial charge on any atom is 0.316 e. The fraction of sp³-hybridized carbons (Fsp3) is 0.844. The summed E-state index contributed by atoms with van der Waals surface area (Å²) in [5.74, 6) is -4.81. The van der Waals surface area contributed by atoms with Crippen molar-refractivity contribution in [2.45, 2.75) is 135 Å². The second kappa shape index (κ2) is 15.6. The van der Waals surface area contributed by atoms with E-state index in [2.05, 4.69) is 11.9 Å². The third-order valence-electron chi connectivity index (χ3n) is 9.26. The number of rotatable bonds is 7. The maximum atomic E-state index is 14.0. The second-order valence-electron chi connectivity index (χ2n) is 13.4. The van der Waals surface area contributed by atoms with Gasteiger partial charge in [-0.2, -0.15) is 0 Å². The zero-order valence-electron chi connectivity index (χ0n) is 28.1. The third-order valence-corrected chi connectivity index (χ3v) is 9.26. The minimum Gasteiger partial charge on any atom is -0.459 e. The maximum absolute atomic E-state index is 14.0. The van der Waals surface area contributed by atoms with Gasteiger partial charge in [0.15, 0.2) is 12.1 Å². The highest BCUT2D eigenvalue weighted by molar-refractivity contribution is 6.00. The van der Waals surface area contributed by atoms with E-state index in [0.717, 1.165) is 0 Å². The molecule has 0 bridgehead atoms. The fourth-order valence-electron chi connectivity index (χ4n) is 6.46. The van der Waals surface area contributed by atoms with Crippen LogP contribution in [0.5, 0.6) is 0 Å². The van der Waals surface area contributed by atoms with Crippen LogP contribution in [0.4, 0.5) is 0 Å². The molecule has 12 nitrogen and oxygen atoms in total. The van der Waals surface area contributed by atoms with Gasteiger partial charge in [0.25, 0.3) is 0 Å². The van der Waals surface area contributed by atoms with Crippen LogP contribution < -0.4 is 5.32 Å². The Morgan fingerprint density at radius 2 is 1.73 bits per heavy atom. The Hall–Kier alpha value is -1.93. The average molecular weight is 629 g/mol. The van der Waals surface area contributed by atoms with E-state index >= 15 is 0 Å². The van der Waals surface area contributed by atoms with Crippen LogP contribution in [-0.4, -0.2) is 119 Å². The predicted octanol–water partition coefficient (Wildman–Crippen LogP) is 1.58. The van der Waals surface area contributed by atoms with Gasteiger partial charge >= 0.3 is 5.97 Å². The number of carbonyl (C=O) groups excluding carboxylic acids is 3. The summed E-state index contributed by atoms with van der Waals surface area (Å²) >= 11 is 0. The van der Waals surface area contributed by atoms with E-state index in [1.807, 2.05) is 25.9 Å². The number of likely N-dealkylation sites (N-methyl/N-ethyl adjacent to an activating group) is 1. The molecule has 0 aromatic carbocycles. The van der Waals surface area contributed by atoms with Gasteiger partial charge in [-0.1, -0.05) is 26.8 Å². The van der Waals surface area contributed by atoms with Crippen molar-refractivity contribution in [3.8, 4) is 0 Å². The van der Waals surface area contributed by atoms with Crippen LogP contribution in [-0.2, 0) is 33.3 Å². The molecule has 44 heavy (non-hydrogen) atoms. The molecule has 254 valence electrons. The fourth-order valence-corrected chi connectivity index (χ4v) is 6.46. The molecule has 13 atom stereocenters. The Morgan fingerprint density at radius 1 is 1.11 bits per heavy atom. The standard InChI is InChI=1S/C32H56N2O10/c1-12-14-41-31(8)16-17(3)28(38)33-21(7)26(37)32(9,40)23(13-2)43-29(39)20(6)24(35)19(5)27(31)44-30-25(36)22(34(10)11)15-18(4)42-30/h12,17-23,25-27,30,36-37,40H,1,13-16H2,2-11H3,(H,33,38)/t17-,18-,19+,20-,21-,22+,23-,25-,26+,27-,30+,31-,32+/m1/s1. The zero-order valence-corrected chi connectivity index (χ0v) is 28.1. The third kappa shape index (κ3) is 8.65. The molecule has 0 aromatic rings. The molecule has 2 saturated heterocycles. The smallest absolute Gasteiger partial charge is 0.316 e. The molecule has 0 aliphatic carbocycles. The number of cyclic esters (lactones) is 1. The first-order valence-electron chi connectivity index (χ1n) is 15.7. The molecule has 0 aromatic heterocycles. The van der Waals surface area contributed by atoms with Gasteiger partial charge in [-0.15, -0.1) is 6.58 Å². The van der Waals surface area contributed by atoms with Crippen molar-refractivity contribution in [3.05, 3.63) is 12.7 Å². The summed E-state index contributed by atoms with van der Waals surface area (Å²) in [6, 6.07) is -1.21. The van der Waals surface area contributed by atoms with Crippen LogP contribution >= 0.6 is 0 Å². The lowest BCUT2D eigenvalue weighted by Crippen LogP contribution is -2.60. The summed E-state index contributed by atoms with van der Waals surface area (Å²) in [5, 5.41) is 36.4. The summed E-state index contributed by atoms with van der Waals surface area (Å²) in [7, 11) is 3.70. The number of aliphatic hydroxyl groups is 3. The lowest BCUT2D eigenvalue weighted by atomic mass is 9.78. The summed E-state index contributed by atoms with van der Waals surface area (Å²) < 4.78 is 24.5. The van der Waals surface area contributed by atoms with E-state index in [1.54, 1.807) is 34.6 Å². The molecule has 4 N–H and O–H groups in total. The van der Waals surface area contributed by atoms with Crippen molar-refractivity contribution in [1.82, 2.24) is 10.2 Å². The van der Waals surface area contributed by atoms with Crippen molar-refractivity contribution in [2.75, 3.05) is 20.7 Å². The molecule has 0 radical (unpaired) electrons. The molecular formula is C32H56N2O10. The number of Topliss-reactive ketones (excluding diaryl/α,β-unsaturated/α-hetero) is 1. The topological polar surface area (TPSA) is 164 Å². The first-order chi connectivity index (χ1) is 20.3. The monoisotopic (exact) mass is 628 g/mol. The van der Waals surface area contributed by atoms with Gasteiger partial charge in [0.2, 0.25) is 5.91 Å². The van der Waals surface area contributed by atoms with Gasteiger partial charge < -0.3 is 44.5 Å². The zero-order chi connectivity index (χ0) is 33.7.